The van der Waals surface area contributed by atoms with Gasteiger partial charge < -0.3 is 20.3 Å². The van der Waals surface area contributed by atoms with Crippen molar-refractivity contribution in [2.45, 2.75) is 31.7 Å². The third kappa shape index (κ3) is 5.57. The van der Waals surface area contributed by atoms with Gasteiger partial charge in [0.25, 0.3) is 0 Å². The van der Waals surface area contributed by atoms with Gasteiger partial charge in [-0.25, -0.2) is 4.79 Å². The molecule has 1 aromatic carbocycles. The lowest BCUT2D eigenvalue weighted by Gasteiger charge is -2.32. The Hall–Kier alpha value is -2.57. The SMILES string of the molecule is COC(=O)CCC(=O)NC1CCN(C(=O)Nc2ccccc2)CC1. The van der Waals surface area contributed by atoms with Crippen molar-refractivity contribution in [2.75, 3.05) is 25.5 Å². The molecule has 1 heterocycles. The van der Waals surface area contributed by atoms with Gasteiger partial charge in [-0.05, 0) is 25.0 Å². The lowest BCUT2D eigenvalue weighted by molar-refractivity contribution is -0.142. The molecule has 0 radical (unpaired) electrons. The molecular formula is C17H23N3O4. The lowest BCUT2D eigenvalue weighted by atomic mass is 10.0. The van der Waals surface area contributed by atoms with Crippen molar-refractivity contribution in [3.63, 3.8) is 0 Å². The zero-order valence-electron chi connectivity index (χ0n) is 13.8. The van der Waals surface area contributed by atoms with Gasteiger partial charge in [0.1, 0.15) is 0 Å². The average Bonchev–Trinajstić information content (AvgIpc) is 2.61. The first kappa shape index (κ1) is 17.8. The van der Waals surface area contributed by atoms with E-state index in [4.69, 9.17) is 0 Å². The number of carbonyl (C=O) groups is 3. The first-order valence-electron chi connectivity index (χ1n) is 8.05. The van der Waals surface area contributed by atoms with Crippen LogP contribution in [0.15, 0.2) is 30.3 Å². The average molecular weight is 333 g/mol. The number of piperidine rings is 1. The molecule has 0 unspecified atom stereocenters. The van der Waals surface area contributed by atoms with Crippen LogP contribution in [0.5, 0.6) is 0 Å². The first-order valence-corrected chi connectivity index (χ1v) is 8.05. The number of rotatable bonds is 5. The number of likely N-dealkylation sites (tertiary alicyclic amines) is 1. The molecule has 7 heteroatoms. The van der Waals surface area contributed by atoms with E-state index in [9.17, 15) is 14.4 Å². The van der Waals surface area contributed by atoms with Crippen LogP contribution in [0.2, 0.25) is 0 Å². The number of para-hydroxylation sites is 1. The van der Waals surface area contributed by atoms with Crippen LogP contribution in [0.3, 0.4) is 0 Å². The van der Waals surface area contributed by atoms with Crippen molar-refractivity contribution in [1.82, 2.24) is 10.2 Å². The Labute approximate surface area is 141 Å². The Balaban J connectivity index is 1.70. The summed E-state index contributed by atoms with van der Waals surface area (Å²) in [5.74, 6) is -0.551. The molecule has 1 aromatic rings. The molecule has 0 aromatic heterocycles. The number of nitrogens with zero attached hydrogens (tertiary/aromatic N) is 1. The van der Waals surface area contributed by atoms with Crippen molar-refractivity contribution in [3.8, 4) is 0 Å². The largest absolute Gasteiger partial charge is 0.469 e. The minimum atomic E-state index is -0.391. The monoisotopic (exact) mass is 333 g/mol. The number of esters is 1. The van der Waals surface area contributed by atoms with Crippen LogP contribution in [0.4, 0.5) is 10.5 Å². The van der Waals surface area contributed by atoms with Crippen molar-refractivity contribution in [2.24, 2.45) is 0 Å². The number of nitrogens with one attached hydrogen (secondary N) is 2. The summed E-state index contributed by atoms with van der Waals surface area (Å²) in [6.45, 7) is 1.17. The highest BCUT2D eigenvalue weighted by molar-refractivity contribution is 5.89. The van der Waals surface area contributed by atoms with Crippen LogP contribution < -0.4 is 10.6 Å². The number of ether oxygens (including phenoxy) is 1. The van der Waals surface area contributed by atoms with Gasteiger partial charge in [0.2, 0.25) is 5.91 Å². The summed E-state index contributed by atoms with van der Waals surface area (Å²) in [4.78, 5) is 36.7. The molecule has 2 rings (SSSR count). The van der Waals surface area contributed by atoms with Crippen molar-refractivity contribution in [3.05, 3.63) is 30.3 Å². The van der Waals surface area contributed by atoms with Crippen LogP contribution >= 0.6 is 0 Å². The standard InChI is InChI=1S/C17H23N3O4/c1-24-16(22)8-7-15(21)18-14-9-11-20(12-10-14)17(23)19-13-5-3-2-4-6-13/h2-6,14H,7-12H2,1H3,(H,18,21)(H,19,23). The summed E-state index contributed by atoms with van der Waals surface area (Å²) in [7, 11) is 1.30. The van der Waals surface area contributed by atoms with Crippen molar-refractivity contribution < 1.29 is 19.1 Å². The molecule has 0 bridgehead atoms. The zero-order valence-corrected chi connectivity index (χ0v) is 13.8. The lowest BCUT2D eigenvalue weighted by Crippen LogP contribution is -2.47. The van der Waals surface area contributed by atoms with Crippen LogP contribution in [-0.2, 0) is 14.3 Å². The molecule has 7 nitrogen and oxygen atoms in total. The predicted octanol–water partition coefficient (Wildman–Crippen LogP) is 1.75. The fourth-order valence-electron chi connectivity index (χ4n) is 2.57. The number of carbonyl (C=O) groups excluding carboxylic acids is 3. The van der Waals surface area contributed by atoms with Crippen molar-refractivity contribution in [1.29, 1.82) is 0 Å². The van der Waals surface area contributed by atoms with Crippen LogP contribution in [0, 0.1) is 0 Å². The Morgan fingerprint density at radius 2 is 1.79 bits per heavy atom. The number of hydrogen-bond acceptors (Lipinski definition) is 4. The van der Waals surface area contributed by atoms with Gasteiger partial charge in [-0.2, -0.15) is 0 Å². The number of methoxy groups -OCH3 is 1. The van der Waals surface area contributed by atoms with E-state index in [2.05, 4.69) is 15.4 Å². The molecule has 1 saturated heterocycles. The van der Waals surface area contributed by atoms with E-state index in [0.29, 0.717) is 25.9 Å². The van der Waals surface area contributed by atoms with Crippen molar-refractivity contribution >= 4 is 23.6 Å². The number of amides is 3. The van der Waals surface area contributed by atoms with E-state index < -0.39 is 5.97 Å². The molecule has 0 aliphatic carbocycles. The van der Waals surface area contributed by atoms with Gasteiger partial charge in [0.05, 0.1) is 13.5 Å². The Bertz CT molecular complexity index is 568. The van der Waals surface area contributed by atoms with Gasteiger partial charge >= 0.3 is 12.0 Å². The predicted molar refractivity (Wildman–Crippen MR) is 89.4 cm³/mol. The summed E-state index contributed by atoms with van der Waals surface area (Å²) in [6, 6.07) is 9.22. The molecule has 0 spiro atoms. The third-order valence-electron chi connectivity index (χ3n) is 3.96. The Morgan fingerprint density at radius 3 is 2.42 bits per heavy atom. The smallest absolute Gasteiger partial charge is 0.321 e. The van der Waals surface area contributed by atoms with Gasteiger partial charge in [-0.3, -0.25) is 9.59 Å². The van der Waals surface area contributed by atoms with E-state index in [0.717, 1.165) is 5.69 Å². The Morgan fingerprint density at radius 1 is 1.12 bits per heavy atom. The summed E-state index contributed by atoms with van der Waals surface area (Å²) in [5, 5.41) is 5.76. The topological polar surface area (TPSA) is 87.7 Å². The fraction of sp³-hybridized carbons (Fsp3) is 0.471. The molecule has 1 fully saturated rings. The highest BCUT2D eigenvalue weighted by Gasteiger charge is 2.24. The molecule has 130 valence electrons. The number of urea groups is 1. The molecule has 1 aliphatic heterocycles. The summed E-state index contributed by atoms with van der Waals surface area (Å²) < 4.78 is 4.51. The minimum absolute atomic E-state index is 0.0379. The van der Waals surface area contributed by atoms with E-state index in [-0.39, 0.29) is 30.8 Å². The molecule has 1 aliphatic rings. The summed E-state index contributed by atoms with van der Waals surface area (Å²) in [6.07, 6.45) is 1.61. The quantitative estimate of drug-likeness (QED) is 0.804. The summed E-state index contributed by atoms with van der Waals surface area (Å²) >= 11 is 0. The first-order chi connectivity index (χ1) is 11.6. The second-order valence-electron chi connectivity index (χ2n) is 5.70. The van der Waals surface area contributed by atoms with Gasteiger partial charge in [0.15, 0.2) is 0 Å². The van der Waals surface area contributed by atoms with Gasteiger partial charge in [-0.15, -0.1) is 0 Å². The van der Waals surface area contributed by atoms with E-state index in [1.54, 1.807) is 4.90 Å². The van der Waals surface area contributed by atoms with Gasteiger partial charge in [0, 0.05) is 31.2 Å². The molecule has 0 atom stereocenters. The minimum Gasteiger partial charge on any atom is -0.469 e. The highest BCUT2D eigenvalue weighted by Crippen LogP contribution is 2.13. The molecular weight excluding hydrogens is 310 g/mol. The second kappa shape index (κ2) is 8.90. The maximum Gasteiger partial charge on any atom is 0.321 e. The third-order valence-corrected chi connectivity index (χ3v) is 3.96. The molecule has 3 amide bonds. The number of anilines is 1. The highest BCUT2D eigenvalue weighted by atomic mass is 16.5. The molecule has 2 N–H and O–H groups in total. The zero-order chi connectivity index (χ0) is 17.4. The van der Waals surface area contributed by atoms with Crippen LogP contribution in [-0.4, -0.2) is 49.0 Å². The molecule has 0 saturated carbocycles. The summed E-state index contributed by atoms with van der Waals surface area (Å²) in [5.41, 5.74) is 0.765. The molecule has 24 heavy (non-hydrogen) atoms. The fourth-order valence-corrected chi connectivity index (χ4v) is 2.57. The van der Waals surface area contributed by atoms with Gasteiger partial charge in [-0.1, -0.05) is 18.2 Å². The Kier molecular flexibility index (Phi) is 6.60. The van der Waals surface area contributed by atoms with E-state index >= 15 is 0 Å². The normalized spacial score (nSPS) is 14.8. The van der Waals surface area contributed by atoms with Crippen LogP contribution in [0.1, 0.15) is 25.7 Å². The number of hydrogen-bond donors (Lipinski definition) is 2. The maximum absolute atomic E-state index is 12.2. The number of benzene rings is 1. The van der Waals surface area contributed by atoms with E-state index in [1.807, 2.05) is 30.3 Å². The van der Waals surface area contributed by atoms with E-state index in [1.165, 1.54) is 7.11 Å². The van der Waals surface area contributed by atoms with Crippen LogP contribution in [0.25, 0.3) is 0 Å². The second-order valence-corrected chi connectivity index (χ2v) is 5.70. The maximum atomic E-state index is 12.2.